The predicted octanol–water partition coefficient (Wildman–Crippen LogP) is 3.77. The van der Waals surface area contributed by atoms with Crippen molar-refractivity contribution in [1.82, 2.24) is 10.2 Å². The van der Waals surface area contributed by atoms with Crippen molar-refractivity contribution in [3.63, 3.8) is 0 Å². The second-order valence-corrected chi connectivity index (χ2v) is 6.33. The van der Waals surface area contributed by atoms with E-state index >= 15 is 0 Å². The highest BCUT2D eigenvalue weighted by Gasteiger charge is 2.24. The van der Waals surface area contributed by atoms with Gasteiger partial charge >= 0.3 is 0 Å². The van der Waals surface area contributed by atoms with Crippen LogP contribution in [0.15, 0.2) is 48.5 Å². The normalized spacial score (nSPS) is 16.6. The molecule has 0 spiro atoms. The van der Waals surface area contributed by atoms with Crippen LogP contribution in [0.4, 0.5) is 5.69 Å². The van der Waals surface area contributed by atoms with Gasteiger partial charge in [0.15, 0.2) is 0 Å². The number of hydrogen-bond acceptors (Lipinski definition) is 3. The van der Waals surface area contributed by atoms with Crippen LogP contribution in [0.3, 0.4) is 0 Å². The molecular formula is C18H22Cl3N3O. The number of carbonyl (C=O) groups excluding carboxylic acids is 1. The van der Waals surface area contributed by atoms with Gasteiger partial charge in [0.05, 0.1) is 10.6 Å². The van der Waals surface area contributed by atoms with Gasteiger partial charge in [0.25, 0.3) is 5.91 Å². The van der Waals surface area contributed by atoms with E-state index in [1.165, 1.54) is 5.56 Å². The van der Waals surface area contributed by atoms with Gasteiger partial charge in [-0.3, -0.25) is 9.69 Å². The number of nitrogens with one attached hydrogen (secondary N) is 1. The third-order valence-corrected chi connectivity index (χ3v) is 4.41. The standard InChI is InChI=1S/C18H20ClN3O.2ClH/c19-17-10-14(20)6-7-16(17)18(23)21-15-8-9-22(12-15)11-13-4-2-1-3-5-13;;/h1-7,10,15H,8-9,11-12,20H2,(H,21,23);2*1H. The van der Waals surface area contributed by atoms with Crippen molar-refractivity contribution in [2.45, 2.75) is 19.0 Å². The van der Waals surface area contributed by atoms with E-state index in [1.807, 2.05) is 18.2 Å². The Labute approximate surface area is 165 Å². The van der Waals surface area contributed by atoms with Gasteiger partial charge < -0.3 is 11.1 Å². The number of likely N-dealkylation sites (tertiary alicyclic amines) is 1. The van der Waals surface area contributed by atoms with Crippen LogP contribution >= 0.6 is 36.4 Å². The molecule has 1 aliphatic heterocycles. The van der Waals surface area contributed by atoms with Gasteiger partial charge in [-0.1, -0.05) is 41.9 Å². The smallest absolute Gasteiger partial charge is 0.253 e. The van der Waals surface area contributed by atoms with Crippen molar-refractivity contribution in [2.75, 3.05) is 18.8 Å². The molecule has 0 radical (unpaired) electrons. The first kappa shape index (κ1) is 21.6. The maximum Gasteiger partial charge on any atom is 0.253 e. The molecule has 3 rings (SSSR count). The van der Waals surface area contributed by atoms with Crippen molar-refractivity contribution in [2.24, 2.45) is 0 Å². The van der Waals surface area contributed by atoms with Crippen LogP contribution in [0.1, 0.15) is 22.3 Å². The molecule has 4 nitrogen and oxygen atoms in total. The Bertz CT molecular complexity index is 697. The highest BCUT2D eigenvalue weighted by Crippen LogP contribution is 2.20. The zero-order valence-electron chi connectivity index (χ0n) is 13.7. The lowest BCUT2D eigenvalue weighted by atomic mass is 10.1. The molecule has 0 bridgehead atoms. The van der Waals surface area contributed by atoms with Crippen LogP contribution in [0.25, 0.3) is 0 Å². The van der Waals surface area contributed by atoms with Crippen LogP contribution in [0.2, 0.25) is 5.02 Å². The Morgan fingerprint density at radius 1 is 1.20 bits per heavy atom. The van der Waals surface area contributed by atoms with Gasteiger partial charge in [-0.2, -0.15) is 0 Å². The molecule has 0 aromatic heterocycles. The average Bonchev–Trinajstić information content (AvgIpc) is 2.95. The average molecular weight is 403 g/mol. The van der Waals surface area contributed by atoms with Gasteiger partial charge in [0, 0.05) is 31.4 Å². The first-order valence-electron chi connectivity index (χ1n) is 7.74. The highest BCUT2D eigenvalue weighted by molar-refractivity contribution is 6.34. The number of nitrogens with two attached hydrogens (primary N) is 1. The minimum absolute atomic E-state index is 0. The summed E-state index contributed by atoms with van der Waals surface area (Å²) < 4.78 is 0. The molecule has 1 unspecified atom stereocenters. The Morgan fingerprint density at radius 3 is 2.60 bits per heavy atom. The molecule has 2 aromatic rings. The summed E-state index contributed by atoms with van der Waals surface area (Å²) in [5, 5.41) is 3.46. The Balaban J connectivity index is 0.00000156. The number of benzene rings is 2. The second-order valence-electron chi connectivity index (χ2n) is 5.92. The lowest BCUT2D eigenvalue weighted by Gasteiger charge is -2.17. The van der Waals surface area contributed by atoms with Gasteiger partial charge in [-0.05, 0) is 30.2 Å². The minimum Gasteiger partial charge on any atom is -0.399 e. The molecule has 1 heterocycles. The van der Waals surface area contributed by atoms with Crippen molar-refractivity contribution < 1.29 is 4.79 Å². The fraction of sp³-hybridized carbons (Fsp3) is 0.278. The first-order valence-corrected chi connectivity index (χ1v) is 8.12. The summed E-state index contributed by atoms with van der Waals surface area (Å²) in [5.41, 5.74) is 7.98. The number of halogens is 3. The molecular weight excluding hydrogens is 381 g/mol. The van der Waals surface area contributed by atoms with E-state index in [-0.39, 0.29) is 36.8 Å². The monoisotopic (exact) mass is 401 g/mol. The van der Waals surface area contributed by atoms with Crippen LogP contribution in [-0.4, -0.2) is 29.9 Å². The zero-order chi connectivity index (χ0) is 16.2. The molecule has 7 heteroatoms. The van der Waals surface area contributed by atoms with Gasteiger partial charge in [0.2, 0.25) is 0 Å². The number of carbonyl (C=O) groups is 1. The predicted molar refractivity (Wildman–Crippen MR) is 108 cm³/mol. The number of nitrogen functional groups attached to an aromatic ring is 1. The van der Waals surface area contributed by atoms with E-state index < -0.39 is 0 Å². The molecule has 25 heavy (non-hydrogen) atoms. The van der Waals surface area contributed by atoms with Crippen molar-refractivity contribution >= 4 is 48.0 Å². The number of hydrogen-bond donors (Lipinski definition) is 2. The van der Waals surface area contributed by atoms with Crippen LogP contribution in [0, 0.1) is 0 Å². The summed E-state index contributed by atoms with van der Waals surface area (Å²) in [6.45, 7) is 2.75. The molecule has 136 valence electrons. The Morgan fingerprint density at radius 2 is 1.92 bits per heavy atom. The third kappa shape index (κ3) is 5.79. The lowest BCUT2D eigenvalue weighted by Crippen LogP contribution is -2.37. The molecule has 2 aromatic carbocycles. The van der Waals surface area contributed by atoms with Crippen LogP contribution in [0.5, 0.6) is 0 Å². The largest absolute Gasteiger partial charge is 0.399 e. The second kappa shape index (κ2) is 9.88. The summed E-state index contributed by atoms with van der Waals surface area (Å²) in [4.78, 5) is 14.7. The van der Waals surface area contributed by atoms with E-state index in [0.717, 1.165) is 26.1 Å². The Kier molecular flexibility index (Phi) is 8.53. The fourth-order valence-electron chi connectivity index (χ4n) is 2.91. The highest BCUT2D eigenvalue weighted by atomic mass is 35.5. The fourth-order valence-corrected chi connectivity index (χ4v) is 3.19. The summed E-state index contributed by atoms with van der Waals surface area (Å²) in [6, 6.07) is 15.5. The maximum absolute atomic E-state index is 12.3. The number of rotatable bonds is 4. The van der Waals surface area contributed by atoms with E-state index in [4.69, 9.17) is 17.3 Å². The molecule has 1 fully saturated rings. The summed E-state index contributed by atoms with van der Waals surface area (Å²) in [5.74, 6) is -0.137. The summed E-state index contributed by atoms with van der Waals surface area (Å²) in [6.07, 6.45) is 0.950. The number of anilines is 1. The number of amides is 1. The molecule has 3 N–H and O–H groups in total. The van der Waals surface area contributed by atoms with Crippen molar-refractivity contribution in [3.05, 3.63) is 64.7 Å². The third-order valence-electron chi connectivity index (χ3n) is 4.09. The van der Waals surface area contributed by atoms with E-state index in [9.17, 15) is 4.79 Å². The molecule has 1 saturated heterocycles. The van der Waals surface area contributed by atoms with Crippen molar-refractivity contribution in [3.8, 4) is 0 Å². The van der Waals surface area contributed by atoms with Gasteiger partial charge in [-0.25, -0.2) is 0 Å². The summed E-state index contributed by atoms with van der Waals surface area (Å²) >= 11 is 6.09. The topological polar surface area (TPSA) is 58.4 Å². The SMILES string of the molecule is Cl.Cl.Nc1ccc(C(=O)NC2CCN(Cc3ccccc3)C2)c(Cl)c1. The maximum atomic E-state index is 12.3. The quantitative estimate of drug-likeness (QED) is 0.765. The van der Waals surface area contributed by atoms with Gasteiger partial charge in [0.1, 0.15) is 0 Å². The molecule has 0 saturated carbocycles. The van der Waals surface area contributed by atoms with E-state index in [0.29, 0.717) is 16.3 Å². The Hall–Kier alpha value is -1.46. The molecule has 1 amide bonds. The zero-order valence-corrected chi connectivity index (χ0v) is 16.0. The van der Waals surface area contributed by atoms with Crippen molar-refractivity contribution in [1.29, 1.82) is 0 Å². The van der Waals surface area contributed by atoms with E-state index in [1.54, 1.807) is 18.2 Å². The lowest BCUT2D eigenvalue weighted by molar-refractivity contribution is 0.0938. The molecule has 0 aliphatic carbocycles. The summed E-state index contributed by atoms with van der Waals surface area (Å²) in [7, 11) is 0. The minimum atomic E-state index is -0.137. The van der Waals surface area contributed by atoms with Gasteiger partial charge in [-0.15, -0.1) is 24.8 Å². The first-order chi connectivity index (χ1) is 11.1. The van der Waals surface area contributed by atoms with Crippen LogP contribution in [-0.2, 0) is 6.54 Å². The number of nitrogens with zero attached hydrogens (tertiary/aromatic N) is 1. The van der Waals surface area contributed by atoms with E-state index in [2.05, 4.69) is 22.3 Å². The molecule has 1 atom stereocenters. The molecule has 1 aliphatic rings. The van der Waals surface area contributed by atoms with Crippen LogP contribution < -0.4 is 11.1 Å².